The molecular formula is C20H16Cl2FN3O2. The molecule has 2 amide bonds. The number of hydrogen-bond acceptors (Lipinski definition) is 4. The molecule has 5 rings (SSSR count). The smallest absolute Gasteiger partial charge is 0.253 e. The van der Waals surface area contributed by atoms with E-state index in [1.807, 2.05) is 5.01 Å². The van der Waals surface area contributed by atoms with Gasteiger partial charge in [-0.05, 0) is 42.3 Å². The first kappa shape index (κ1) is 18.1. The van der Waals surface area contributed by atoms with Crippen molar-refractivity contribution < 1.29 is 14.0 Å². The van der Waals surface area contributed by atoms with Crippen molar-refractivity contribution in [1.29, 1.82) is 0 Å². The highest BCUT2D eigenvalue weighted by atomic mass is 35.5. The van der Waals surface area contributed by atoms with Gasteiger partial charge in [-0.25, -0.2) is 19.3 Å². The Morgan fingerprint density at radius 1 is 0.857 bits per heavy atom. The summed E-state index contributed by atoms with van der Waals surface area (Å²) in [4.78, 5) is 27.9. The number of anilines is 1. The molecule has 3 saturated heterocycles. The van der Waals surface area contributed by atoms with Gasteiger partial charge in [0.05, 0.1) is 17.6 Å². The molecule has 3 atom stereocenters. The number of benzene rings is 2. The zero-order valence-corrected chi connectivity index (χ0v) is 16.2. The Morgan fingerprint density at radius 3 is 2.11 bits per heavy atom. The molecule has 0 aliphatic carbocycles. The Morgan fingerprint density at radius 2 is 1.46 bits per heavy atom. The van der Waals surface area contributed by atoms with Crippen molar-refractivity contribution in [2.45, 2.75) is 18.5 Å². The summed E-state index contributed by atoms with van der Waals surface area (Å²) in [5.74, 6) is -1.45. The van der Waals surface area contributed by atoms with Crippen molar-refractivity contribution in [3.63, 3.8) is 0 Å². The van der Waals surface area contributed by atoms with Crippen molar-refractivity contribution in [3.8, 4) is 0 Å². The van der Waals surface area contributed by atoms with Crippen LogP contribution in [0, 0.1) is 11.7 Å². The minimum Gasteiger partial charge on any atom is -0.274 e. The predicted octanol–water partition coefficient (Wildman–Crippen LogP) is 3.67. The average molecular weight is 420 g/mol. The van der Waals surface area contributed by atoms with Crippen LogP contribution in [0.2, 0.25) is 10.0 Å². The Labute approximate surface area is 171 Å². The Hall–Kier alpha value is -1.99. The van der Waals surface area contributed by atoms with E-state index in [1.54, 1.807) is 30.3 Å². The first-order valence-corrected chi connectivity index (χ1v) is 9.84. The standard InChI is InChI=1S/C20H16Cl2FN3O2/c21-12-8-13(22)10-15(9-12)26-19(27)16-17(11-2-4-14(23)5-3-11)24-6-1-7-25(24)18(16)20(26)28/h2-5,8-10,16-18H,1,6-7H2/t16-,17+,18-/m0/s1. The number of nitrogens with zero attached hydrogens (tertiary/aromatic N) is 3. The maximum absolute atomic E-state index is 13.4. The molecule has 3 aliphatic rings. The van der Waals surface area contributed by atoms with Crippen molar-refractivity contribution in [3.05, 3.63) is 63.9 Å². The first-order chi connectivity index (χ1) is 13.5. The second-order valence-corrected chi connectivity index (χ2v) is 8.16. The highest BCUT2D eigenvalue weighted by molar-refractivity contribution is 6.35. The Balaban J connectivity index is 1.59. The number of fused-ring (bicyclic) bond motifs is 3. The third-order valence-electron chi connectivity index (χ3n) is 5.72. The number of carbonyl (C=O) groups excluding carboxylic acids is 2. The number of halogens is 3. The van der Waals surface area contributed by atoms with Crippen LogP contribution in [-0.2, 0) is 9.59 Å². The quantitative estimate of drug-likeness (QED) is 0.696. The lowest BCUT2D eigenvalue weighted by Crippen LogP contribution is -2.44. The van der Waals surface area contributed by atoms with Gasteiger partial charge < -0.3 is 0 Å². The monoisotopic (exact) mass is 419 g/mol. The molecule has 0 spiro atoms. The molecule has 0 aromatic heterocycles. The van der Waals surface area contributed by atoms with E-state index in [1.165, 1.54) is 17.0 Å². The fourth-order valence-electron chi connectivity index (χ4n) is 4.70. The van der Waals surface area contributed by atoms with E-state index in [0.29, 0.717) is 22.3 Å². The van der Waals surface area contributed by atoms with E-state index in [0.717, 1.165) is 18.5 Å². The van der Waals surface area contributed by atoms with Crippen LogP contribution in [0.1, 0.15) is 18.0 Å². The van der Waals surface area contributed by atoms with E-state index in [9.17, 15) is 14.0 Å². The molecule has 2 aromatic carbocycles. The number of imide groups is 1. The molecule has 3 aliphatic heterocycles. The maximum atomic E-state index is 13.4. The molecule has 28 heavy (non-hydrogen) atoms. The summed E-state index contributed by atoms with van der Waals surface area (Å²) in [6.07, 6.45) is 0.908. The summed E-state index contributed by atoms with van der Waals surface area (Å²) in [5.41, 5.74) is 1.21. The van der Waals surface area contributed by atoms with E-state index < -0.39 is 12.0 Å². The largest absolute Gasteiger partial charge is 0.274 e. The number of rotatable bonds is 2. The fourth-order valence-corrected chi connectivity index (χ4v) is 5.21. The lowest BCUT2D eigenvalue weighted by atomic mass is 9.90. The van der Waals surface area contributed by atoms with E-state index >= 15 is 0 Å². The van der Waals surface area contributed by atoms with E-state index in [4.69, 9.17) is 23.2 Å². The lowest BCUT2D eigenvalue weighted by molar-refractivity contribution is -0.126. The van der Waals surface area contributed by atoms with Gasteiger partial charge in [0.25, 0.3) is 5.91 Å². The summed E-state index contributed by atoms with van der Waals surface area (Å²) in [6.45, 7) is 1.47. The van der Waals surface area contributed by atoms with Crippen LogP contribution in [0.5, 0.6) is 0 Å². The number of carbonyl (C=O) groups is 2. The molecule has 0 bridgehead atoms. The van der Waals surface area contributed by atoms with Crippen LogP contribution < -0.4 is 4.90 Å². The van der Waals surface area contributed by atoms with Gasteiger partial charge in [-0.3, -0.25) is 9.59 Å². The fraction of sp³-hybridized carbons (Fsp3) is 0.300. The Kier molecular flexibility index (Phi) is 4.21. The highest BCUT2D eigenvalue weighted by Crippen LogP contribution is 2.49. The van der Waals surface area contributed by atoms with Gasteiger partial charge in [0, 0.05) is 23.1 Å². The van der Waals surface area contributed by atoms with Crippen molar-refractivity contribution >= 4 is 40.7 Å². The molecule has 144 valence electrons. The van der Waals surface area contributed by atoms with Crippen LogP contribution >= 0.6 is 23.2 Å². The SMILES string of the molecule is O=C1[C@@H]2[C@@H](C(=O)N1c1cc(Cl)cc(Cl)c1)N1CCCN1[C@@H]2c1ccc(F)cc1. The van der Waals surface area contributed by atoms with Crippen LogP contribution in [-0.4, -0.2) is 41.0 Å². The molecular weight excluding hydrogens is 404 g/mol. The molecule has 0 radical (unpaired) electrons. The third kappa shape index (κ3) is 2.59. The number of amides is 2. The molecule has 0 saturated carbocycles. The summed E-state index contributed by atoms with van der Waals surface area (Å²) >= 11 is 12.2. The minimum atomic E-state index is -0.567. The maximum Gasteiger partial charge on any atom is 0.253 e. The van der Waals surface area contributed by atoms with Crippen molar-refractivity contribution in [2.75, 3.05) is 18.0 Å². The van der Waals surface area contributed by atoms with Gasteiger partial charge in [-0.15, -0.1) is 0 Å². The lowest BCUT2D eigenvalue weighted by Gasteiger charge is -2.29. The highest BCUT2D eigenvalue weighted by Gasteiger charge is 2.62. The zero-order chi connectivity index (χ0) is 19.6. The van der Waals surface area contributed by atoms with E-state index in [-0.39, 0.29) is 23.7 Å². The molecule has 5 nitrogen and oxygen atoms in total. The molecule has 0 N–H and O–H groups in total. The second-order valence-electron chi connectivity index (χ2n) is 7.29. The molecule has 0 unspecified atom stereocenters. The van der Waals surface area contributed by atoms with Crippen LogP contribution in [0.4, 0.5) is 10.1 Å². The topological polar surface area (TPSA) is 43.9 Å². The van der Waals surface area contributed by atoms with E-state index in [2.05, 4.69) is 5.01 Å². The van der Waals surface area contributed by atoms with Gasteiger partial charge >= 0.3 is 0 Å². The zero-order valence-electron chi connectivity index (χ0n) is 14.7. The second kappa shape index (κ2) is 6.52. The average Bonchev–Trinajstić information content (AvgIpc) is 3.27. The van der Waals surface area contributed by atoms with Gasteiger partial charge in [-0.1, -0.05) is 35.3 Å². The number of hydrogen-bond donors (Lipinski definition) is 0. The van der Waals surface area contributed by atoms with Gasteiger partial charge in [0.2, 0.25) is 5.91 Å². The Bertz CT molecular complexity index is 964. The molecule has 8 heteroatoms. The van der Waals surface area contributed by atoms with Crippen molar-refractivity contribution in [1.82, 2.24) is 10.0 Å². The van der Waals surface area contributed by atoms with Crippen LogP contribution in [0.15, 0.2) is 42.5 Å². The molecule has 2 aromatic rings. The van der Waals surface area contributed by atoms with Crippen molar-refractivity contribution in [2.24, 2.45) is 5.92 Å². The van der Waals surface area contributed by atoms with Gasteiger partial charge in [-0.2, -0.15) is 0 Å². The van der Waals surface area contributed by atoms with Crippen LogP contribution in [0.25, 0.3) is 0 Å². The third-order valence-corrected chi connectivity index (χ3v) is 6.16. The molecule has 3 heterocycles. The summed E-state index contributed by atoms with van der Waals surface area (Å²) < 4.78 is 13.4. The first-order valence-electron chi connectivity index (χ1n) is 9.08. The summed E-state index contributed by atoms with van der Waals surface area (Å²) in [7, 11) is 0. The minimum absolute atomic E-state index is 0.273. The number of hydrazine groups is 1. The normalized spacial score (nSPS) is 27.5. The molecule has 3 fully saturated rings. The van der Waals surface area contributed by atoms with Gasteiger partial charge in [0.15, 0.2) is 0 Å². The van der Waals surface area contributed by atoms with Crippen LogP contribution in [0.3, 0.4) is 0 Å². The summed E-state index contributed by atoms with van der Waals surface area (Å²) in [6, 6.07) is 9.98. The summed E-state index contributed by atoms with van der Waals surface area (Å²) in [5, 5.41) is 4.79. The van der Waals surface area contributed by atoms with Gasteiger partial charge in [0.1, 0.15) is 11.9 Å². The predicted molar refractivity (Wildman–Crippen MR) is 103 cm³/mol.